The third-order valence-corrected chi connectivity index (χ3v) is 3.64. The number of hydrogen-bond donors (Lipinski definition) is 0. The van der Waals surface area contributed by atoms with Crippen LogP contribution >= 0.6 is 11.6 Å². The molecular formula is C15H15ClN2O. The Hall–Kier alpha value is -1.45. The van der Waals surface area contributed by atoms with Crippen molar-refractivity contribution in [3.63, 3.8) is 0 Å². The molecule has 1 aliphatic rings. The Kier molecular flexibility index (Phi) is 3.76. The fourth-order valence-corrected chi connectivity index (χ4v) is 2.59. The van der Waals surface area contributed by atoms with Gasteiger partial charge in [-0.05, 0) is 42.5 Å². The second-order valence-corrected chi connectivity index (χ2v) is 5.13. The lowest BCUT2D eigenvalue weighted by molar-refractivity contribution is 0.0261. The third-order valence-electron chi connectivity index (χ3n) is 3.43. The molecule has 0 aliphatic heterocycles. The molecule has 1 unspecified atom stereocenters. The van der Waals surface area contributed by atoms with Gasteiger partial charge in [-0.2, -0.15) is 5.10 Å². The highest BCUT2D eigenvalue weighted by Gasteiger charge is 2.20. The average molecular weight is 275 g/mol. The van der Waals surface area contributed by atoms with Crippen LogP contribution in [-0.4, -0.2) is 10.2 Å². The van der Waals surface area contributed by atoms with Crippen molar-refractivity contribution in [2.75, 3.05) is 0 Å². The molecule has 0 amide bonds. The Labute approximate surface area is 117 Å². The fraction of sp³-hybridized carbons (Fsp3) is 0.333. The Balaban J connectivity index is 1.69. The van der Waals surface area contributed by atoms with Crippen LogP contribution in [0.3, 0.4) is 0 Å². The van der Waals surface area contributed by atoms with Gasteiger partial charge < -0.3 is 4.74 Å². The minimum atomic E-state index is 0.169. The van der Waals surface area contributed by atoms with Crippen molar-refractivity contribution in [3.8, 4) is 0 Å². The summed E-state index contributed by atoms with van der Waals surface area (Å²) in [5.41, 5.74) is 3.53. The molecule has 19 heavy (non-hydrogen) atoms. The van der Waals surface area contributed by atoms with Gasteiger partial charge in [-0.1, -0.05) is 35.9 Å². The highest BCUT2D eigenvalue weighted by Crippen LogP contribution is 2.32. The van der Waals surface area contributed by atoms with Crippen LogP contribution in [0.25, 0.3) is 0 Å². The molecule has 1 heterocycles. The molecule has 0 spiro atoms. The Morgan fingerprint density at radius 3 is 2.89 bits per heavy atom. The third kappa shape index (κ3) is 2.94. The van der Waals surface area contributed by atoms with Crippen LogP contribution in [0.2, 0.25) is 5.15 Å². The molecule has 0 N–H and O–H groups in total. The van der Waals surface area contributed by atoms with E-state index in [9.17, 15) is 0 Å². The lowest BCUT2D eigenvalue weighted by atomic mass is 9.89. The highest BCUT2D eigenvalue weighted by molar-refractivity contribution is 6.29. The van der Waals surface area contributed by atoms with Crippen molar-refractivity contribution in [3.05, 3.63) is 58.4 Å². The van der Waals surface area contributed by atoms with Crippen LogP contribution in [0, 0.1) is 0 Å². The number of aryl methyl sites for hydroxylation is 1. The van der Waals surface area contributed by atoms with Gasteiger partial charge in [-0.3, -0.25) is 0 Å². The van der Waals surface area contributed by atoms with Gasteiger partial charge >= 0.3 is 0 Å². The number of halogens is 1. The van der Waals surface area contributed by atoms with Gasteiger partial charge in [0.2, 0.25) is 0 Å². The standard InChI is InChI=1S/C15H15ClN2O/c16-15-9-8-12(17-18-15)10-19-14-7-3-5-11-4-1-2-6-13(11)14/h1-2,4,6,8-9,14H,3,5,7,10H2. The van der Waals surface area contributed by atoms with Crippen molar-refractivity contribution in [1.29, 1.82) is 0 Å². The maximum Gasteiger partial charge on any atom is 0.151 e. The summed E-state index contributed by atoms with van der Waals surface area (Å²) < 4.78 is 5.99. The summed E-state index contributed by atoms with van der Waals surface area (Å²) >= 11 is 5.71. The Morgan fingerprint density at radius 2 is 2.05 bits per heavy atom. The van der Waals surface area contributed by atoms with E-state index < -0.39 is 0 Å². The second-order valence-electron chi connectivity index (χ2n) is 4.74. The van der Waals surface area contributed by atoms with Crippen molar-refractivity contribution in [2.24, 2.45) is 0 Å². The van der Waals surface area contributed by atoms with Crippen molar-refractivity contribution in [1.82, 2.24) is 10.2 Å². The molecule has 2 aromatic rings. The molecule has 3 rings (SSSR count). The Bertz CT molecular complexity index is 556. The van der Waals surface area contributed by atoms with Gasteiger partial charge in [-0.25, -0.2) is 0 Å². The number of benzene rings is 1. The van der Waals surface area contributed by atoms with E-state index in [1.165, 1.54) is 17.5 Å². The molecule has 0 saturated carbocycles. The van der Waals surface area contributed by atoms with Crippen molar-refractivity contribution < 1.29 is 4.74 Å². The van der Waals surface area contributed by atoms with E-state index in [0.29, 0.717) is 11.8 Å². The van der Waals surface area contributed by atoms with Crippen LogP contribution in [-0.2, 0) is 17.8 Å². The van der Waals surface area contributed by atoms with E-state index >= 15 is 0 Å². The number of aromatic nitrogens is 2. The lowest BCUT2D eigenvalue weighted by Crippen LogP contribution is -2.13. The summed E-state index contributed by atoms with van der Waals surface area (Å²) in [5, 5.41) is 8.24. The minimum Gasteiger partial charge on any atom is -0.367 e. The maximum atomic E-state index is 5.99. The number of nitrogens with zero attached hydrogens (tertiary/aromatic N) is 2. The molecule has 0 radical (unpaired) electrons. The largest absolute Gasteiger partial charge is 0.367 e. The zero-order valence-electron chi connectivity index (χ0n) is 10.6. The summed E-state index contributed by atoms with van der Waals surface area (Å²) in [5.74, 6) is 0. The summed E-state index contributed by atoms with van der Waals surface area (Å²) in [6, 6.07) is 12.1. The molecule has 0 saturated heterocycles. The molecule has 1 aromatic carbocycles. The summed E-state index contributed by atoms with van der Waals surface area (Å²) in [6.07, 6.45) is 3.56. The predicted molar refractivity (Wildman–Crippen MR) is 74.0 cm³/mol. The van der Waals surface area contributed by atoms with Crippen LogP contribution in [0.5, 0.6) is 0 Å². The lowest BCUT2D eigenvalue weighted by Gasteiger charge is -2.25. The molecule has 0 bridgehead atoms. The smallest absolute Gasteiger partial charge is 0.151 e. The average Bonchev–Trinajstić information content (AvgIpc) is 2.47. The monoisotopic (exact) mass is 274 g/mol. The molecule has 98 valence electrons. The van der Waals surface area contributed by atoms with E-state index in [4.69, 9.17) is 16.3 Å². The van der Waals surface area contributed by atoms with E-state index in [0.717, 1.165) is 18.5 Å². The number of rotatable bonds is 3. The summed E-state index contributed by atoms with van der Waals surface area (Å²) in [6.45, 7) is 0.475. The van der Waals surface area contributed by atoms with Crippen LogP contribution in [0.4, 0.5) is 0 Å². The SMILES string of the molecule is Clc1ccc(COC2CCCc3ccccc32)nn1. The molecule has 1 aliphatic carbocycles. The van der Waals surface area contributed by atoms with E-state index in [-0.39, 0.29) is 6.10 Å². The van der Waals surface area contributed by atoms with Gasteiger partial charge in [0.1, 0.15) is 0 Å². The van der Waals surface area contributed by atoms with Crippen LogP contribution < -0.4 is 0 Å². The normalized spacial score (nSPS) is 18.1. The molecule has 1 atom stereocenters. The zero-order chi connectivity index (χ0) is 13.1. The van der Waals surface area contributed by atoms with E-state index in [1.54, 1.807) is 6.07 Å². The van der Waals surface area contributed by atoms with Crippen LogP contribution in [0.1, 0.15) is 35.8 Å². The van der Waals surface area contributed by atoms with E-state index in [1.807, 2.05) is 6.07 Å². The molecule has 3 nitrogen and oxygen atoms in total. The number of hydrogen-bond acceptors (Lipinski definition) is 3. The van der Waals surface area contributed by atoms with Gasteiger partial charge in [0.25, 0.3) is 0 Å². The first-order valence-electron chi connectivity index (χ1n) is 6.50. The van der Waals surface area contributed by atoms with Gasteiger partial charge in [0.15, 0.2) is 5.15 Å². The summed E-state index contributed by atoms with van der Waals surface area (Å²) in [7, 11) is 0. The number of fused-ring (bicyclic) bond motifs is 1. The first kappa shape index (κ1) is 12.6. The van der Waals surface area contributed by atoms with Gasteiger partial charge in [-0.15, -0.1) is 5.10 Å². The molecular weight excluding hydrogens is 260 g/mol. The predicted octanol–water partition coefficient (Wildman–Crippen LogP) is 3.72. The maximum absolute atomic E-state index is 5.99. The van der Waals surface area contributed by atoms with E-state index in [2.05, 4.69) is 34.5 Å². The van der Waals surface area contributed by atoms with Crippen molar-refractivity contribution in [2.45, 2.75) is 32.0 Å². The highest BCUT2D eigenvalue weighted by atomic mass is 35.5. The molecule has 4 heteroatoms. The topological polar surface area (TPSA) is 35.0 Å². The first-order valence-corrected chi connectivity index (χ1v) is 6.88. The van der Waals surface area contributed by atoms with Crippen LogP contribution in [0.15, 0.2) is 36.4 Å². The minimum absolute atomic E-state index is 0.169. The molecule has 1 aromatic heterocycles. The van der Waals surface area contributed by atoms with Gasteiger partial charge in [0, 0.05) is 0 Å². The fourth-order valence-electron chi connectivity index (χ4n) is 2.49. The van der Waals surface area contributed by atoms with Gasteiger partial charge in [0.05, 0.1) is 18.4 Å². The summed E-state index contributed by atoms with van der Waals surface area (Å²) in [4.78, 5) is 0. The second kappa shape index (κ2) is 5.68. The first-order chi connectivity index (χ1) is 9.33. The molecule has 0 fully saturated rings. The zero-order valence-corrected chi connectivity index (χ0v) is 11.3. The Morgan fingerprint density at radius 1 is 1.16 bits per heavy atom. The quantitative estimate of drug-likeness (QED) is 0.855. The number of ether oxygens (including phenoxy) is 1. The van der Waals surface area contributed by atoms with Crippen molar-refractivity contribution >= 4 is 11.6 Å².